The van der Waals surface area contributed by atoms with Gasteiger partial charge in [0.1, 0.15) is 10.6 Å². The highest BCUT2D eigenvalue weighted by molar-refractivity contribution is 7.22. The van der Waals surface area contributed by atoms with Crippen molar-refractivity contribution in [3.63, 3.8) is 0 Å². The zero-order valence-electron chi connectivity index (χ0n) is 14.3. The summed E-state index contributed by atoms with van der Waals surface area (Å²) in [5.74, 6) is 0.416. The Bertz CT molecular complexity index is 1110. The third-order valence-corrected chi connectivity index (χ3v) is 5.74. The van der Waals surface area contributed by atoms with E-state index in [2.05, 4.69) is 24.0 Å². The van der Waals surface area contributed by atoms with E-state index in [-0.39, 0.29) is 5.82 Å². The van der Waals surface area contributed by atoms with Crippen LogP contribution in [0, 0.1) is 33.5 Å². The first kappa shape index (κ1) is 15.9. The van der Waals surface area contributed by atoms with Crippen LogP contribution in [0.15, 0.2) is 28.7 Å². The Kier molecular flexibility index (Phi) is 3.65. The molecule has 0 aliphatic rings. The highest BCUT2D eigenvalue weighted by atomic mass is 32.1. The number of thiophene rings is 1. The Balaban J connectivity index is 1.86. The van der Waals surface area contributed by atoms with E-state index in [4.69, 9.17) is 9.40 Å². The number of hydrogen-bond acceptors (Lipinski definition) is 5. The Morgan fingerprint density at radius 2 is 1.72 bits per heavy atom. The molecule has 0 aliphatic heterocycles. The van der Waals surface area contributed by atoms with E-state index in [0.29, 0.717) is 17.3 Å². The number of benzene rings is 1. The van der Waals surface area contributed by atoms with Gasteiger partial charge in [-0.1, -0.05) is 6.07 Å². The molecule has 4 nitrogen and oxygen atoms in total. The van der Waals surface area contributed by atoms with E-state index in [0.717, 1.165) is 26.4 Å². The van der Waals surface area contributed by atoms with Gasteiger partial charge < -0.3 is 4.42 Å². The van der Waals surface area contributed by atoms with Gasteiger partial charge in [0.15, 0.2) is 0 Å². The third kappa shape index (κ3) is 2.53. The maximum atomic E-state index is 13.4. The van der Waals surface area contributed by atoms with Crippen molar-refractivity contribution in [3.8, 4) is 22.2 Å². The molecule has 1 aromatic carbocycles. The monoisotopic (exact) mass is 353 g/mol. The van der Waals surface area contributed by atoms with Gasteiger partial charge in [-0.15, -0.1) is 21.5 Å². The van der Waals surface area contributed by atoms with Crippen LogP contribution in [0.2, 0.25) is 0 Å². The highest BCUT2D eigenvalue weighted by Gasteiger charge is 2.20. The maximum Gasteiger partial charge on any atom is 0.258 e. The molecule has 0 radical (unpaired) electrons. The molecule has 0 N–H and O–H groups in total. The summed E-state index contributed by atoms with van der Waals surface area (Å²) >= 11 is 1.54. The predicted octanol–water partition coefficient (Wildman–Crippen LogP) is 5.39. The fourth-order valence-corrected chi connectivity index (χ4v) is 4.18. The van der Waals surface area contributed by atoms with Crippen LogP contribution in [-0.4, -0.2) is 15.2 Å². The zero-order chi connectivity index (χ0) is 17.7. The molecular formula is C19H16FN3OS. The molecule has 6 heteroatoms. The topological polar surface area (TPSA) is 51.8 Å². The number of rotatable bonds is 2. The largest absolute Gasteiger partial charge is 0.415 e. The Hall–Kier alpha value is -2.60. The van der Waals surface area contributed by atoms with Crippen molar-refractivity contribution < 1.29 is 8.81 Å². The lowest BCUT2D eigenvalue weighted by Crippen LogP contribution is -1.91. The molecule has 0 bridgehead atoms. The van der Waals surface area contributed by atoms with Crippen molar-refractivity contribution >= 4 is 21.6 Å². The molecule has 0 amide bonds. The summed E-state index contributed by atoms with van der Waals surface area (Å²) in [5.41, 5.74) is 5.11. The lowest BCUT2D eigenvalue weighted by molar-refractivity contribution is 0.583. The molecular weight excluding hydrogens is 337 g/mol. The summed E-state index contributed by atoms with van der Waals surface area (Å²) in [6, 6.07) is 6.14. The lowest BCUT2D eigenvalue weighted by atomic mass is 10.0. The van der Waals surface area contributed by atoms with Crippen LogP contribution in [-0.2, 0) is 0 Å². The first-order valence-electron chi connectivity index (χ1n) is 7.92. The van der Waals surface area contributed by atoms with E-state index in [1.807, 2.05) is 13.8 Å². The molecule has 0 saturated heterocycles. The van der Waals surface area contributed by atoms with Crippen LogP contribution in [0.1, 0.15) is 22.4 Å². The van der Waals surface area contributed by atoms with Crippen LogP contribution in [0.5, 0.6) is 0 Å². The van der Waals surface area contributed by atoms with E-state index >= 15 is 0 Å². The van der Waals surface area contributed by atoms with Crippen LogP contribution >= 0.6 is 11.3 Å². The number of pyridine rings is 1. The Morgan fingerprint density at radius 3 is 2.48 bits per heavy atom. The third-order valence-electron chi connectivity index (χ3n) is 4.57. The van der Waals surface area contributed by atoms with Crippen molar-refractivity contribution in [2.45, 2.75) is 27.7 Å². The van der Waals surface area contributed by atoms with Crippen LogP contribution in [0.25, 0.3) is 32.4 Å². The first-order chi connectivity index (χ1) is 12.0. The molecule has 0 saturated carbocycles. The predicted molar refractivity (Wildman–Crippen MR) is 97.3 cm³/mol. The van der Waals surface area contributed by atoms with Gasteiger partial charge in [0, 0.05) is 16.6 Å². The lowest BCUT2D eigenvalue weighted by Gasteiger charge is -2.05. The van der Waals surface area contributed by atoms with Crippen LogP contribution < -0.4 is 0 Å². The molecule has 0 spiro atoms. The second-order valence-corrected chi connectivity index (χ2v) is 7.11. The fraction of sp³-hybridized carbons (Fsp3) is 0.211. The van der Waals surface area contributed by atoms with Gasteiger partial charge in [0.2, 0.25) is 5.89 Å². The quantitative estimate of drug-likeness (QED) is 0.485. The summed E-state index contributed by atoms with van der Waals surface area (Å²) in [6.07, 6.45) is 0. The summed E-state index contributed by atoms with van der Waals surface area (Å²) in [7, 11) is 0. The summed E-state index contributed by atoms with van der Waals surface area (Å²) in [6.45, 7) is 8.26. The minimum Gasteiger partial charge on any atom is -0.415 e. The Morgan fingerprint density at radius 1 is 0.960 bits per heavy atom. The van der Waals surface area contributed by atoms with Gasteiger partial charge in [0.05, 0.1) is 4.88 Å². The van der Waals surface area contributed by atoms with Gasteiger partial charge in [-0.2, -0.15) is 0 Å². The van der Waals surface area contributed by atoms with Gasteiger partial charge in [0.25, 0.3) is 5.89 Å². The summed E-state index contributed by atoms with van der Waals surface area (Å²) in [4.78, 5) is 6.58. The summed E-state index contributed by atoms with van der Waals surface area (Å²) in [5, 5.41) is 9.39. The SMILES string of the molecule is Cc1nc2sc(-c3nnc(-c4cccc(F)c4)o3)c(C)c2c(C)c1C. The molecule has 126 valence electrons. The first-order valence-corrected chi connectivity index (χ1v) is 8.74. The number of nitrogens with zero attached hydrogens (tertiary/aromatic N) is 3. The average molecular weight is 353 g/mol. The van der Waals surface area contributed by atoms with Crippen molar-refractivity contribution in [2.75, 3.05) is 0 Å². The number of halogens is 1. The number of fused-ring (bicyclic) bond motifs is 1. The average Bonchev–Trinajstić information content (AvgIpc) is 3.18. The van der Waals surface area contributed by atoms with E-state index < -0.39 is 0 Å². The second kappa shape index (κ2) is 5.74. The van der Waals surface area contributed by atoms with Crippen molar-refractivity contribution in [3.05, 3.63) is 52.5 Å². The van der Waals surface area contributed by atoms with Crippen molar-refractivity contribution in [2.24, 2.45) is 0 Å². The Labute approximate surface area is 148 Å². The molecule has 0 atom stereocenters. The van der Waals surface area contributed by atoms with E-state index in [1.54, 1.807) is 23.5 Å². The van der Waals surface area contributed by atoms with Crippen molar-refractivity contribution in [1.29, 1.82) is 0 Å². The van der Waals surface area contributed by atoms with Gasteiger partial charge in [-0.05, 0) is 62.6 Å². The smallest absolute Gasteiger partial charge is 0.258 e. The molecule has 3 heterocycles. The molecule has 0 fully saturated rings. The van der Waals surface area contributed by atoms with E-state index in [9.17, 15) is 4.39 Å². The number of hydrogen-bond donors (Lipinski definition) is 0. The van der Waals surface area contributed by atoms with Crippen LogP contribution in [0.4, 0.5) is 4.39 Å². The normalized spacial score (nSPS) is 11.4. The van der Waals surface area contributed by atoms with Gasteiger partial charge in [-0.25, -0.2) is 9.37 Å². The second-order valence-electron chi connectivity index (χ2n) is 6.11. The molecule has 3 aromatic heterocycles. The fourth-order valence-electron chi connectivity index (χ4n) is 2.97. The van der Waals surface area contributed by atoms with E-state index in [1.165, 1.54) is 23.3 Å². The standard InChI is InChI=1S/C19H16FN3OS/c1-9-10(2)15-11(3)16(25-19(15)21-12(9)4)18-23-22-17(24-18)13-6-5-7-14(20)8-13/h5-8H,1-4H3. The molecule has 0 aliphatic carbocycles. The number of aromatic nitrogens is 3. The minimum absolute atomic E-state index is 0.309. The number of aryl methyl sites for hydroxylation is 3. The van der Waals surface area contributed by atoms with Crippen molar-refractivity contribution in [1.82, 2.24) is 15.2 Å². The maximum absolute atomic E-state index is 13.4. The molecule has 25 heavy (non-hydrogen) atoms. The zero-order valence-corrected chi connectivity index (χ0v) is 15.2. The minimum atomic E-state index is -0.332. The highest BCUT2D eigenvalue weighted by Crippen LogP contribution is 2.39. The summed E-state index contributed by atoms with van der Waals surface area (Å²) < 4.78 is 19.2. The molecule has 4 rings (SSSR count). The molecule has 4 aromatic rings. The van der Waals surface area contributed by atoms with Gasteiger partial charge in [-0.3, -0.25) is 0 Å². The van der Waals surface area contributed by atoms with Gasteiger partial charge >= 0.3 is 0 Å². The van der Waals surface area contributed by atoms with Crippen LogP contribution in [0.3, 0.4) is 0 Å². The molecule has 0 unspecified atom stereocenters.